The number of hydrogen-bond acceptors (Lipinski definition) is 5. The summed E-state index contributed by atoms with van der Waals surface area (Å²) in [5, 5.41) is 9.34. The molecule has 0 saturated carbocycles. The van der Waals surface area contributed by atoms with E-state index in [0.717, 1.165) is 0 Å². The third-order valence-electron chi connectivity index (χ3n) is 3.48. The molecule has 132 valence electrons. The van der Waals surface area contributed by atoms with Crippen LogP contribution in [0.2, 0.25) is 5.02 Å². The Morgan fingerprint density at radius 1 is 1.38 bits per heavy atom. The third-order valence-corrected chi connectivity index (χ3v) is 5.29. The van der Waals surface area contributed by atoms with Gasteiger partial charge in [-0.25, -0.2) is 13.2 Å². The number of rotatable bonds is 5. The maximum absolute atomic E-state index is 12.4. The normalized spacial score (nSPS) is 19.8. The molecule has 1 amide bonds. The van der Waals surface area contributed by atoms with Gasteiger partial charge in [0.2, 0.25) is 15.9 Å². The van der Waals surface area contributed by atoms with Crippen molar-refractivity contribution >= 4 is 33.5 Å². The van der Waals surface area contributed by atoms with Gasteiger partial charge in [0.1, 0.15) is 0 Å². The summed E-state index contributed by atoms with van der Waals surface area (Å²) in [6.45, 7) is 1.57. The molecule has 1 aromatic carbocycles. The van der Waals surface area contributed by atoms with Crippen molar-refractivity contribution in [3.8, 4) is 0 Å². The van der Waals surface area contributed by atoms with Crippen LogP contribution in [0, 0.1) is 0 Å². The van der Waals surface area contributed by atoms with Gasteiger partial charge >= 0.3 is 5.97 Å². The first kappa shape index (κ1) is 18.7. The zero-order chi connectivity index (χ0) is 17.9. The molecule has 1 aromatic rings. The summed E-state index contributed by atoms with van der Waals surface area (Å²) >= 11 is 5.72. The van der Waals surface area contributed by atoms with Crippen LogP contribution < -0.4 is 4.72 Å². The average Bonchev–Trinajstić information content (AvgIpc) is 2.54. The minimum absolute atomic E-state index is 0.0167. The number of nitrogens with one attached hydrogen (secondary N) is 1. The summed E-state index contributed by atoms with van der Waals surface area (Å²) in [4.78, 5) is 24.6. The summed E-state index contributed by atoms with van der Waals surface area (Å²) < 4.78 is 31.9. The van der Waals surface area contributed by atoms with Crippen molar-refractivity contribution in [1.29, 1.82) is 0 Å². The minimum atomic E-state index is -3.89. The molecule has 0 radical (unpaired) electrons. The number of carbonyl (C=O) groups excluding carboxylic acids is 1. The van der Waals surface area contributed by atoms with Gasteiger partial charge in [-0.1, -0.05) is 11.6 Å². The number of carbonyl (C=O) groups is 2. The van der Waals surface area contributed by atoms with Crippen LogP contribution in [0.25, 0.3) is 0 Å². The van der Waals surface area contributed by atoms with Gasteiger partial charge in [0.05, 0.1) is 24.1 Å². The molecule has 1 saturated heterocycles. The number of halogens is 1. The number of amides is 1. The van der Waals surface area contributed by atoms with E-state index in [2.05, 4.69) is 4.72 Å². The smallest absolute Gasteiger partial charge is 0.334 e. The monoisotopic (exact) mass is 376 g/mol. The summed E-state index contributed by atoms with van der Waals surface area (Å²) in [5.41, 5.74) is 0. The van der Waals surface area contributed by atoms with Gasteiger partial charge in [-0.2, -0.15) is 4.72 Å². The fraction of sp³-hybridized carbons (Fsp3) is 0.429. The predicted octanol–water partition coefficient (Wildman–Crippen LogP) is 0.319. The molecule has 24 heavy (non-hydrogen) atoms. The molecule has 2 unspecified atom stereocenters. The largest absolute Gasteiger partial charge is 0.479 e. The van der Waals surface area contributed by atoms with Crippen molar-refractivity contribution in [3.05, 3.63) is 29.3 Å². The molecule has 0 bridgehead atoms. The fourth-order valence-corrected chi connectivity index (χ4v) is 3.56. The highest BCUT2D eigenvalue weighted by Crippen LogP contribution is 2.15. The molecule has 2 N–H and O–H groups in total. The molecule has 1 fully saturated rings. The van der Waals surface area contributed by atoms with E-state index in [0.29, 0.717) is 5.02 Å². The molecule has 1 heterocycles. The molecule has 2 atom stereocenters. The van der Waals surface area contributed by atoms with E-state index in [1.165, 1.54) is 36.1 Å². The quantitative estimate of drug-likeness (QED) is 0.765. The van der Waals surface area contributed by atoms with Crippen LogP contribution >= 0.6 is 11.6 Å². The van der Waals surface area contributed by atoms with Crippen molar-refractivity contribution in [2.75, 3.05) is 19.7 Å². The number of sulfonamides is 1. The molecule has 1 aliphatic rings. The number of carboxylic acid groups (broad SMARTS) is 1. The van der Waals surface area contributed by atoms with Crippen LogP contribution in [0.1, 0.15) is 6.92 Å². The van der Waals surface area contributed by atoms with Gasteiger partial charge in [0, 0.05) is 11.6 Å². The van der Waals surface area contributed by atoms with E-state index in [9.17, 15) is 18.0 Å². The Balaban J connectivity index is 2.05. The van der Waals surface area contributed by atoms with E-state index in [-0.39, 0.29) is 24.6 Å². The van der Waals surface area contributed by atoms with E-state index in [4.69, 9.17) is 21.4 Å². The van der Waals surface area contributed by atoms with E-state index >= 15 is 0 Å². The Morgan fingerprint density at radius 3 is 2.58 bits per heavy atom. The highest BCUT2D eigenvalue weighted by atomic mass is 35.5. The first-order valence-electron chi connectivity index (χ1n) is 7.12. The standard InChI is InChI=1S/C14H17ClN2O6S/c1-9(13(18)17-6-7-23-12(8-17)14(19)20)16-24(21,22)11-4-2-10(15)3-5-11/h2-5,9,12,16H,6-8H2,1H3,(H,19,20). The molecular formula is C14H17ClN2O6S. The number of aliphatic carboxylic acids is 1. The number of ether oxygens (including phenoxy) is 1. The van der Waals surface area contributed by atoms with E-state index < -0.39 is 34.0 Å². The average molecular weight is 377 g/mol. The predicted molar refractivity (Wildman–Crippen MR) is 85.2 cm³/mol. The van der Waals surface area contributed by atoms with E-state index in [1.807, 2.05) is 0 Å². The summed E-state index contributed by atoms with van der Waals surface area (Å²) in [6.07, 6.45) is -1.11. The van der Waals surface area contributed by atoms with Crippen molar-refractivity contribution < 1.29 is 27.9 Å². The minimum Gasteiger partial charge on any atom is -0.479 e. The zero-order valence-corrected chi connectivity index (χ0v) is 14.4. The van der Waals surface area contributed by atoms with Crippen LogP contribution in [0.3, 0.4) is 0 Å². The van der Waals surface area contributed by atoms with Crippen LogP contribution in [0.4, 0.5) is 0 Å². The molecule has 0 aromatic heterocycles. The number of morpholine rings is 1. The van der Waals surface area contributed by atoms with Gasteiger partial charge in [0.15, 0.2) is 6.10 Å². The Bertz CT molecular complexity index is 721. The summed E-state index contributed by atoms with van der Waals surface area (Å²) in [7, 11) is -3.89. The van der Waals surface area contributed by atoms with Crippen LogP contribution in [0.15, 0.2) is 29.2 Å². The Kier molecular flexibility index (Phi) is 5.81. The van der Waals surface area contributed by atoms with Crippen molar-refractivity contribution in [3.63, 3.8) is 0 Å². The number of nitrogens with zero attached hydrogens (tertiary/aromatic N) is 1. The van der Waals surface area contributed by atoms with Gasteiger partial charge in [-0.15, -0.1) is 0 Å². The van der Waals surface area contributed by atoms with Crippen LogP contribution in [-0.2, 0) is 24.3 Å². The van der Waals surface area contributed by atoms with Crippen LogP contribution in [0.5, 0.6) is 0 Å². The lowest BCUT2D eigenvalue weighted by Crippen LogP contribution is -2.54. The molecule has 10 heteroatoms. The second-order valence-corrected chi connectivity index (χ2v) is 7.43. The lowest BCUT2D eigenvalue weighted by atomic mass is 10.2. The van der Waals surface area contributed by atoms with Crippen molar-refractivity contribution in [2.45, 2.75) is 24.0 Å². The molecule has 1 aliphatic heterocycles. The zero-order valence-electron chi connectivity index (χ0n) is 12.8. The second kappa shape index (κ2) is 7.47. The lowest BCUT2D eigenvalue weighted by Gasteiger charge is -2.32. The molecular weight excluding hydrogens is 360 g/mol. The Labute approximate surface area is 144 Å². The molecule has 0 aliphatic carbocycles. The second-order valence-electron chi connectivity index (χ2n) is 5.28. The maximum atomic E-state index is 12.4. The Morgan fingerprint density at radius 2 is 2.00 bits per heavy atom. The number of hydrogen-bond donors (Lipinski definition) is 2. The fourth-order valence-electron chi connectivity index (χ4n) is 2.24. The summed E-state index contributed by atoms with van der Waals surface area (Å²) in [6, 6.07) is 4.48. The summed E-state index contributed by atoms with van der Waals surface area (Å²) in [5.74, 6) is -1.68. The Hall–Kier alpha value is -1.68. The lowest BCUT2D eigenvalue weighted by molar-refractivity contribution is -0.159. The van der Waals surface area contributed by atoms with Crippen molar-refractivity contribution in [1.82, 2.24) is 9.62 Å². The number of carboxylic acids is 1. The first-order valence-corrected chi connectivity index (χ1v) is 8.98. The van der Waals surface area contributed by atoms with Crippen molar-refractivity contribution in [2.24, 2.45) is 0 Å². The molecule has 2 rings (SSSR count). The van der Waals surface area contributed by atoms with Gasteiger partial charge in [0.25, 0.3) is 0 Å². The maximum Gasteiger partial charge on any atom is 0.334 e. The van der Waals surface area contributed by atoms with E-state index in [1.54, 1.807) is 0 Å². The SMILES string of the molecule is CC(NS(=O)(=O)c1ccc(Cl)cc1)C(=O)N1CCOC(C(=O)O)C1. The van der Waals surface area contributed by atoms with Gasteiger partial charge < -0.3 is 14.7 Å². The first-order chi connectivity index (χ1) is 11.2. The highest BCUT2D eigenvalue weighted by Gasteiger charge is 2.32. The highest BCUT2D eigenvalue weighted by molar-refractivity contribution is 7.89. The van der Waals surface area contributed by atoms with Gasteiger partial charge in [-0.05, 0) is 31.2 Å². The van der Waals surface area contributed by atoms with Crippen LogP contribution in [-0.4, -0.2) is 62.1 Å². The topological polar surface area (TPSA) is 113 Å². The number of benzene rings is 1. The molecule has 0 spiro atoms. The van der Waals surface area contributed by atoms with Gasteiger partial charge in [-0.3, -0.25) is 4.79 Å². The molecule has 8 nitrogen and oxygen atoms in total. The third kappa shape index (κ3) is 4.44.